The fourth-order valence-corrected chi connectivity index (χ4v) is 1.86. The Balaban J connectivity index is 2.75. The predicted molar refractivity (Wildman–Crippen MR) is 51.0 cm³/mol. The van der Waals surface area contributed by atoms with Gasteiger partial charge in [-0.2, -0.15) is 16.6 Å². The van der Waals surface area contributed by atoms with Gasteiger partial charge in [-0.05, 0) is 36.5 Å². The number of hydrogen-bond donors (Lipinski definition) is 0. The quantitative estimate of drug-likeness (QED) is 0.713. The van der Waals surface area contributed by atoms with Gasteiger partial charge in [-0.1, -0.05) is 0 Å². The van der Waals surface area contributed by atoms with E-state index in [0.29, 0.717) is 6.42 Å². The normalized spacial score (nSPS) is 12.8. The number of rotatable bonds is 3. The molecule has 0 bridgehead atoms. The molecule has 0 spiro atoms. The van der Waals surface area contributed by atoms with Gasteiger partial charge in [-0.3, -0.25) is 0 Å². The van der Waals surface area contributed by atoms with Crippen molar-refractivity contribution in [3.05, 3.63) is 22.4 Å². The van der Waals surface area contributed by atoms with Gasteiger partial charge >= 0.3 is 0 Å². The van der Waals surface area contributed by atoms with Crippen molar-refractivity contribution in [2.75, 3.05) is 14.1 Å². The topological polar surface area (TPSA) is 27.0 Å². The summed E-state index contributed by atoms with van der Waals surface area (Å²) in [5.41, 5.74) is 1.24. The SMILES string of the molecule is CN(C)[C@H](CC#N)c1ccsc1. The van der Waals surface area contributed by atoms with Crippen molar-refractivity contribution in [1.29, 1.82) is 5.26 Å². The van der Waals surface area contributed by atoms with Crippen molar-refractivity contribution in [2.24, 2.45) is 0 Å². The molecule has 0 aliphatic rings. The van der Waals surface area contributed by atoms with E-state index < -0.39 is 0 Å². The van der Waals surface area contributed by atoms with Crippen LogP contribution >= 0.6 is 11.3 Å². The molecule has 0 aliphatic carbocycles. The van der Waals surface area contributed by atoms with Crippen molar-refractivity contribution in [1.82, 2.24) is 4.90 Å². The zero-order chi connectivity index (χ0) is 8.97. The standard InChI is InChI=1S/C9H12N2S/c1-11(2)9(3-5-10)8-4-6-12-7-8/h4,6-7,9H,3H2,1-2H3/t9-/m1/s1. The molecule has 1 rings (SSSR count). The van der Waals surface area contributed by atoms with E-state index in [9.17, 15) is 0 Å². The van der Waals surface area contributed by atoms with E-state index in [1.165, 1.54) is 5.56 Å². The highest BCUT2D eigenvalue weighted by Gasteiger charge is 2.13. The third-order valence-corrected chi connectivity index (χ3v) is 2.54. The molecule has 0 fully saturated rings. The summed E-state index contributed by atoms with van der Waals surface area (Å²) < 4.78 is 0. The molecule has 0 saturated heterocycles. The van der Waals surface area contributed by atoms with E-state index in [2.05, 4.69) is 22.4 Å². The first kappa shape index (κ1) is 9.24. The summed E-state index contributed by atoms with van der Waals surface area (Å²) in [5.74, 6) is 0. The minimum Gasteiger partial charge on any atom is -0.301 e. The molecule has 12 heavy (non-hydrogen) atoms. The first-order chi connectivity index (χ1) is 5.75. The van der Waals surface area contributed by atoms with Gasteiger partial charge in [0.15, 0.2) is 0 Å². The van der Waals surface area contributed by atoms with E-state index in [-0.39, 0.29) is 6.04 Å². The van der Waals surface area contributed by atoms with Gasteiger partial charge in [0.05, 0.1) is 12.5 Å². The van der Waals surface area contributed by atoms with Gasteiger partial charge in [-0.15, -0.1) is 0 Å². The summed E-state index contributed by atoms with van der Waals surface area (Å²) in [7, 11) is 4.00. The third-order valence-electron chi connectivity index (χ3n) is 1.84. The van der Waals surface area contributed by atoms with E-state index in [0.717, 1.165) is 0 Å². The minimum atomic E-state index is 0.251. The second-order valence-electron chi connectivity index (χ2n) is 2.90. The smallest absolute Gasteiger partial charge is 0.0641 e. The van der Waals surface area contributed by atoms with Crippen molar-refractivity contribution in [3.63, 3.8) is 0 Å². The molecule has 1 heterocycles. The highest BCUT2D eigenvalue weighted by Crippen LogP contribution is 2.23. The maximum atomic E-state index is 8.61. The first-order valence-electron chi connectivity index (χ1n) is 3.81. The molecule has 2 nitrogen and oxygen atoms in total. The summed E-state index contributed by atoms with van der Waals surface area (Å²) in [6.45, 7) is 0. The minimum absolute atomic E-state index is 0.251. The average molecular weight is 180 g/mol. The number of hydrogen-bond acceptors (Lipinski definition) is 3. The van der Waals surface area contributed by atoms with E-state index in [4.69, 9.17) is 5.26 Å². The lowest BCUT2D eigenvalue weighted by molar-refractivity contribution is 0.304. The summed E-state index contributed by atoms with van der Waals surface area (Å²) in [6.07, 6.45) is 0.559. The summed E-state index contributed by atoms with van der Waals surface area (Å²) in [4.78, 5) is 2.07. The zero-order valence-corrected chi connectivity index (χ0v) is 8.14. The monoisotopic (exact) mass is 180 g/mol. The van der Waals surface area contributed by atoms with Crippen LogP contribution in [0.5, 0.6) is 0 Å². The fraction of sp³-hybridized carbons (Fsp3) is 0.444. The third kappa shape index (κ3) is 2.07. The Morgan fingerprint density at radius 2 is 2.42 bits per heavy atom. The van der Waals surface area contributed by atoms with Crippen LogP contribution in [0.4, 0.5) is 0 Å². The molecule has 0 radical (unpaired) electrons. The second kappa shape index (κ2) is 4.24. The fourth-order valence-electron chi connectivity index (χ4n) is 1.15. The van der Waals surface area contributed by atoms with Crippen LogP contribution in [-0.2, 0) is 0 Å². The van der Waals surface area contributed by atoms with Gasteiger partial charge in [0.25, 0.3) is 0 Å². The van der Waals surface area contributed by atoms with Gasteiger partial charge < -0.3 is 4.90 Å². The molecule has 0 N–H and O–H groups in total. The lowest BCUT2D eigenvalue weighted by Gasteiger charge is -2.20. The molecule has 0 aromatic carbocycles. The van der Waals surface area contributed by atoms with Gasteiger partial charge in [-0.25, -0.2) is 0 Å². The van der Waals surface area contributed by atoms with Crippen molar-refractivity contribution >= 4 is 11.3 Å². The maximum Gasteiger partial charge on any atom is 0.0641 e. The van der Waals surface area contributed by atoms with Crippen LogP contribution in [0, 0.1) is 11.3 Å². The Labute approximate surface area is 77.0 Å². The van der Waals surface area contributed by atoms with Crippen molar-refractivity contribution < 1.29 is 0 Å². The summed E-state index contributed by atoms with van der Waals surface area (Å²) >= 11 is 1.68. The highest BCUT2D eigenvalue weighted by atomic mass is 32.1. The van der Waals surface area contributed by atoms with Gasteiger partial charge in [0, 0.05) is 6.04 Å². The van der Waals surface area contributed by atoms with E-state index >= 15 is 0 Å². The first-order valence-corrected chi connectivity index (χ1v) is 4.75. The van der Waals surface area contributed by atoms with Crippen LogP contribution in [0.1, 0.15) is 18.0 Å². The molecule has 1 aromatic heterocycles. The molecule has 1 atom stereocenters. The van der Waals surface area contributed by atoms with E-state index in [1.54, 1.807) is 11.3 Å². The van der Waals surface area contributed by atoms with Crippen molar-refractivity contribution in [3.8, 4) is 6.07 Å². The molecule has 0 unspecified atom stereocenters. The van der Waals surface area contributed by atoms with Crippen LogP contribution in [-0.4, -0.2) is 19.0 Å². The zero-order valence-electron chi connectivity index (χ0n) is 7.32. The Kier molecular flexibility index (Phi) is 3.27. The van der Waals surface area contributed by atoms with Crippen LogP contribution in [0.25, 0.3) is 0 Å². The second-order valence-corrected chi connectivity index (χ2v) is 3.68. The predicted octanol–water partition coefficient (Wildman–Crippen LogP) is 2.26. The Bertz CT molecular complexity index is 259. The number of nitrogens with zero attached hydrogens (tertiary/aromatic N) is 2. The van der Waals surface area contributed by atoms with Crippen molar-refractivity contribution in [2.45, 2.75) is 12.5 Å². The van der Waals surface area contributed by atoms with Crippen LogP contribution in [0.15, 0.2) is 16.8 Å². The van der Waals surface area contributed by atoms with E-state index in [1.807, 2.05) is 19.5 Å². The number of thiophene rings is 1. The lowest BCUT2D eigenvalue weighted by Crippen LogP contribution is -2.18. The van der Waals surface area contributed by atoms with Crippen LogP contribution < -0.4 is 0 Å². The van der Waals surface area contributed by atoms with Crippen LogP contribution in [0.3, 0.4) is 0 Å². The Morgan fingerprint density at radius 3 is 2.83 bits per heavy atom. The summed E-state index contributed by atoms with van der Waals surface area (Å²) in [6, 6.07) is 4.53. The molecule has 0 saturated carbocycles. The lowest BCUT2D eigenvalue weighted by atomic mass is 10.1. The number of nitriles is 1. The molecule has 0 amide bonds. The van der Waals surface area contributed by atoms with Gasteiger partial charge in [0.1, 0.15) is 0 Å². The Hall–Kier alpha value is -0.850. The Morgan fingerprint density at radius 1 is 1.67 bits per heavy atom. The maximum absolute atomic E-state index is 8.61. The van der Waals surface area contributed by atoms with Crippen LogP contribution in [0.2, 0.25) is 0 Å². The molecule has 1 aromatic rings. The van der Waals surface area contributed by atoms with Gasteiger partial charge in [0.2, 0.25) is 0 Å². The summed E-state index contributed by atoms with van der Waals surface area (Å²) in [5, 5.41) is 12.8. The molecular formula is C9H12N2S. The highest BCUT2D eigenvalue weighted by molar-refractivity contribution is 7.07. The molecular weight excluding hydrogens is 168 g/mol. The molecule has 0 aliphatic heterocycles. The molecule has 3 heteroatoms. The average Bonchev–Trinajstić information content (AvgIpc) is 2.51. The largest absolute Gasteiger partial charge is 0.301 e. The molecule has 64 valence electrons.